The first-order valence-corrected chi connectivity index (χ1v) is 6.04. The molecule has 1 aromatic rings. The Bertz CT molecular complexity index is 388. The second-order valence-corrected chi connectivity index (χ2v) is 4.45. The first-order chi connectivity index (χ1) is 8.59. The first kappa shape index (κ1) is 14.2. The Morgan fingerprint density at radius 1 is 1.22 bits per heavy atom. The predicted octanol–water partition coefficient (Wildman–Crippen LogP) is 1.74. The first-order valence-electron chi connectivity index (χ1n) is 6.04. The molecule has 0 aliphatic heterocycles. The summed E-state index contributed by atoms with van der Waals surface area (Å²) in [6, 6.07) is 8.82. The van der Waals surface area contributed by atoms with Crippen LogP contribution in [-0.2, 0) is 4.79 Å². The number of carbonyl (C=O) groups is 2. The van der Waals surface area contributed by atoms with Crippen molar-refractivity contribution in [1.29, 1.82) is 0 Å². The molecule has 0 aliphatic rings. The normalized spacial score (nSPS) is 10.2. The van der Waals surface area contributed by atoms with E-state index in [1.54, 1.807) is 30.8 Å². The fourth-order valence-electron chi connectivity index (χ4n) is 1.31. The largest absolute Gasteiger partial charge is 0.350 e. The smallest absolute Gasteiger partial charge is 0.251 e. The molecule has 0 saturated carbocycles. The summed E-state index contributed by atoms with van der Waals surface area (Å²) in [6.07, 6.45) is 0.818. The molecule has 0 spiro atoms. The van der Waals surface area contributed by atoms with Gasteiger partial charge in [-0.05, 0) is 24.5 Å². The van der Waals surface area contributed by atoms with Gasteiger partial charge in [0.05, 0.1) is 6.54 Å². The Balaban J connectivity index is 2.24. The lowest BCUT2D eigenvalue weighted by Gasteiger charge is -2.07. The molecular weight excluding hydrogens is 228 g/mol. The van der Waals surface area contributed by atoms with Crippen molar-refractivity contribution >= 4 is 11.8 Å². The minimum Gasteiger partial charge on any atom is -0.350 e. The van der Waals surface area contributed by atoms with E-state index in [0.717, 1.165) is 6.42 Å². The molecule has 0 unspecified atom stereocenters. The van der Waals surface area contributed by atoms with E-state index >= 15 is 0 Å². The van der Waals surface area contributed by atoms with E-state index in [2.05, 4.69) is 24.5 Å². The fraction of sp³-hybridized carbons (Fsp3) is 0.357. The summed E-state index contributed by atoms with van der Waals surface area (Å²) >= 11 is 0. The van der Waals surface area contributed by atoms with Crippen molar-refractivity contribution in [2.75, 3.05) is 6.54 Å². The molecular formula is C14H19N2O2. The lowest BCUT2D eigenvalue weighted by Crippen LogP contribution is -2.36. The highest BCUT2D eigenvalue weighted by atomic mass is 16.2. The van der Waals surface area contributed by atoms with Gasteiger partial charge in [-0.15, -0.1) is 0 Å². The molecule has 97 valence electrons. The quantitative estimate of drug-likeness (QED) is 0.804. The van der Waals surface area contributed by atoms with E-state index in [1.165, 1.54) is 0 Å². The van der Waals surface area contributed by atoms with Crippen LogP contribution in [0.3, 0.4) is 0 Å². The third-order valence-electron chi connectivity index (χ3n) is 2.30. The highest BCUT2D eigenvalue weighted by molar-refractivity contribution is 5.96. The number of amides is 2. The number of nitrogens with one attached hydrogen (secondary N) is 2. The highest BCUT2D eigenvalue weighted by Crippen LogP contribution is 1.99. The van der Waals surface area contributed by atoms with Gasteiger partial charge in [-0.2, -0.15) is 0 Å². The van der Waals surface area contributed by atoms with Gasteiger partial charge < -0.3 is 10.6 Å². The molecule has 1 rings (SSSR count). The number of benzene rings is 1. The third kappa shape index (κ3) is 5.48. The van der Waals surface area contributed by atoms with Crippen molar-refractivity contribution in [3.63, 3.8) is 0 Å². The standard InChI is InChI=1S/C14H19N2O2/c1-11(2)8-9-15-13(17)10-16-14(18)12-6-4-3-5-7-12/h3-7,9,11H,8,10H2,1-2H3,(H,15,17)(H,16,18). The van der Waals surface area contributed by atoms with Gasteiger partial charge in [0, 0.05) is 12.1 Å². The van der Waals surface area contributed by atoms with Crippen LogP contribution in [0.1, 0.15) is 30.6 Å². The Morgan fingerprint density at radius 2 is 1.89 bits per heavy atom. The van der Waals surface area contributed by atoms with Crippen molar-refractivity contribution in [3.05, 3.63) is 42.4 Å². The molecule has 0 aliphatic carbocycles. The van der Waals surface area contributed by atoms with Crippen molar-refractivity contribution in [3.8, 4) is 0 Å². The van der Waals surface area contributed by atoms with E-state index < -0.39 is 0 Å². The monoisotopic (exact) mass is 247 g/mol. The van der Waals surface area contributed by atoms with Crippen LogP contribution in [-0.4, -0.2) is 18.4 Å². The zero-order chi connectivity index (χ0) is 13.4. The molecule has 4 heteroatoms. The molecule has 1 radical (unpaired) electrons. The van der Waals surface area contributed by atoms with Crippen LogP contribution in [0.4, 0.5) is 0 Å². The summed E-state index contributed by atoms with van der Waals surface area (Å²) in [6.45, 7) is 5.85. The average molecular weight is 247 g/mol. The second kappa shape index (κ2) is 7.48. The van der Waals surface area contributed by atoms with Crippen molar-refractivity contribution in [1.82, 2.24) is 10.6 Å². The van der Waals surface area contributed by atoms with Crippen LogP contribution in [0.2, 0.25) is 0 Å². The van der Waals surface area contributed by atoms with Crippen LogP contribution in [0.25, 0.3) is 0 Å². The van der Waals surface area contributed by atoms with Crippen LogP contribution >= 0.6 is 0 Å². The van der Waals surface area contributed by atoms with Gasteiger partial charge in [0.25, 0.3) is 5.91 Å². The summed E-state index contributed by atoms with van der Waals surface area (Å²) in [4.78, 5) is 23.0. The molecule has 1 aromatic carbocycles. The molecule has 0 atom stereocenters. The molecule has 0 aromatic heterocycles. The molecule has 18 heavy (non-hydrogen) atoms. The Labute approximate surface area is 108 Å². The van der Waals surface area contributed by atoms with Crippen molar-refractivity contribution in [2.24, 2.45) is 5.92 Å². The molecule has 0 bridgehead atoms. The molecule has 2 amide bonds. The molecule has 0 saturated heterocycles. The Hall–Kier alpha value is -1.84. The number of rotatable bonds is 6. The fourth-order valence-corrected chi connectivity index (χ4v) is 1.31. The van der Waals surface area contributed by atoms with Crippen LogP contribution in [0.15, 0.2) is 30.3 Å². The zero-order valence-electron chi connectivity index (χ0n) is 10.8. The number of hydrogen-bond acceptors (Lipinski definition) is 2. The van der Waals surface area contributed by atoms with Gasteiger partial charge in [-0.3, -0.25) is 9.59 Å². The lowest BCUT2D eigenvalue weighted by molar-refractivity contribution is -0.119. The third-order valence-corrected chi connectivity index (χ3v) is 2.30. The Kier molecular flexibility index (Phi) is 5.91. The number of carbonyl (C=O) groups excluding carboxylic acids is 2. The summed E-state index contributed by atoms with van der Waals surface area (Å²) in [5.74, 6) is 0.0544. The van der Waals surface area contributed by atoms with E-state index in [9.17, 15) is 9.59 Å². The maximum Gasteiger partial charge on any atom is 0.251 e. The summed E-state index contributed by atoms with van der Waals surface area (Å²) in [7, 11) is 0. The van der Waals surface area contributed by atoms with Gasteiger partial charge in [0.15, 0.2) is 0 Å². The Morgan fingerprint density at radius 3 is 2.50 bits per heavy atom. The van der Waals surface area contributed by atoms with Gasteiger partial charge in [-0.25, -0.2) is 0 Å². The lowest BCUT2D eigenvalue weighted by atomic mass is 10.1. The summed E-state index contributed by atoms with van der Waals surface area (Å²) in [5.41, 5.74) is 0.552. The van der Waals surface area contributed by atoms with Gasteiger partial charge in [0.1, 0.15) is 0 Å². The van der Waals surface area contributed by atoms with Crippen molar-refractivity contribution in [2.45, 2.75) is 20.3 Å². The average Bonchev–Trinajstić information content (AvgIpc) is 2.36. The van der Waals surface area contributed by atoms with E-state index in [4.69, 9.17) is 0 Å². The molecule has 4 nitrogen and oxygen atoms in total. The van der Waals surface area contributed by atoms with Gasteiger partial charge in [-0.1, -0.05) is 32.0 Å². The number of hydrogen-bond donors (Lipinski definition) is 2. The highest BCUT2D eigenvalue weighted by Gasteiger charge is 2.07. The maximum atomic E-state index is 11.6. The maximum absolute atomic E-state index is 11.6. The SMILES string of the molecule is CC(C)C[CH]NC(=O)CNC(=O)c1ccccc1. The van der Waals surface area contributed by atoms with E-state index in [-0.39, 0.29) is 18.4 Å². The van der Waals surface area contributed by atoms with E-state index in [0.29, 0.717) is 11.5 Å². The second-order valence-electron chi connectivity index (χ2n) is 4.45. The van der Waals surface area contributed by atoms with Crippen LogP contribution in [0.5, 0.6) is 0 Å². The van der Waals surface area contributed by atoms with E-state index in [1.807, 2.05) is 6.07 Å². The summed E-state index contributed by atoms with van der Waals surface area (Å²) < 4.78 is 0. The summed E-state index contributed by atoms with van der Waals surface area (Å²) in [5, 5.41) is 5.21. The van der Waals surface area contributed by atoms with Gasteiger partial charge in [0.2, 0.25) is 5.91 Å². The molecule has 0 heterocycles. The van der Waals surface area contributed by atoms with Crippen LogP contribution in [0, 0.1) is 12.5 Å². The van der Waals surface area contributed by atoms with Crippen molar-refractivity contribution < 1.29 is 9.59 Å². The van der Waals surface area contributed by atoms with Gasteiger partial charge >= 0.3 is 0 Å². The molecule has 0 fully saturated rings. The van der Waals surface area contributed by atoms with Crippen LogP contribution < -0.4 is 10.6 Å². The topological polar surface area (TPSA) is 58.2 Å². The zero-order valence-corrected chi connectivity index (χ0v) is 10.8. The predicted molar refractivity (Wildman–Crippen MR) is 70.7 cm³/mol. The molecule has 2 N–H and O–H groups in total. The minimum absolute atomic E-state index is 0.0116. The minimum atomic E-state index is -0.241.